The number of carbonyl (C=O) groups is 1. The van der Waals surface area contributed by atoms with Gasteiger partial charge in [0.05, 0.1) is 10.5 Å². The normalized spacial score (nSPS) is 10.1. The van der Waals surface area contributed by atoms with Crippen molar-refractivity contribution in [1.29, 1.82) is 0 Å². The predicted molar refractivity (Wildman–Crippen MR) is 67.2 cm³/mol. The molecular formula is C13H9NO5. The maximum atomic E-state index is 11.1. The van der Waals surface area contributed by atoms with Gasteiger partial charge in [0.25, 0.3) is 5.69 Å². The van der Waals surface area contributed by atoms with Crippen LogP contribution in [0.3, 0.4) is 0 Å². The van der Waals surface area contributed by atoms with Crippen molar-refractivity contribution in [2.75, 3.05) is 0 Å². The van der Waals surface area contributed by atoms with Crippen LogP contribution in [0, 0.1) is 10.1 Å². The number of aromatic carboxylic acids is 1. The quantitative estimate of drug-likeness (QED) is 0.651. The topological polar surface area (TPSA) is 101 Å². The van der Waals surface area contributed by atoms with Gasteiger partial charge in [0.1, 0.15) is 5.75 Å². The SMILES string of the molecule is O=C(O)c1ccc(O)cc1-c1cccc([N+](=O)[O-])c1. The number of hydrogen-bond acceptors (Lipinski definition) is 4. The molecule has 0 aliphatic carbocycles. The van der Waals surface area contributed by atoms with E-state index in [0.717, 1.165) is 0 Å². The van der Waals surface area contributed by atoms with E-state index in [9.17, 15) is 20.0 Å². The van der Waals surface area contributed by atoms with Gasteiger partial charge in [-0.1, -0.05) is 12.1 Å². The first-order valence-electron chi connectivity index (χ1n) is 5.30. The fourth-order valence-corrected chi connectivity index (χ4v) is 1.74. The first-order chi connectivity index (χ1) is 8.99. The Morgan fingerprint density at radius 2 is 1.89 bits per heavy atom. The van der Waals surface area contributed by atoms with Gasteiger partial charge in [0.2, 0.25) is 0 Å². The van der Waals surface area contributed by atoms with Gasteiger partial charge >= 0.3 is 5.97 Å². The van der Waals surface area contributed by atoms with Gasteiger partial charge in [-0.15, -0.1) is 0 Å². The molecule has 0 aliphatic heterocycles. The van der Waals surface area contributed by atoms with Crippen LogP contribution in [0.15, 0.2) is 42.5 Å². The Morgan fingerprint density at radius 3 is 2.53 bits per heavy atom. The molecule has 96 valence electrons. The van der Waals surface area contributed by atoms with E-state index in [4.69, 9.17) is 5.11 Å². The molecule has 2 aromatic rings. The molecule has 0 fully saturated rings. The molecule has 6 heteroatoms. The zero-order valence-electron chi connectivity index (χ0n) is 9.61. The summed E-state index contributed by atoms with van der Waals surface area (Å²) in [5.41, 5.74) is 0.425. The number of phenolic OH excluding ortho intramolecular Hbond substituents is 1. The van der Waals surface area contributed by atoms with E-state index in [1.807, 2.05) is 0 Å². The number of nitro groups is 1. The van der Waals surface area contributed by atoms with Crippen molar-refractivity contribution in [3.8, 4) is 16.9 Å². The number of carboxylic acid groups (broad SMARTS) is 1. The van der Waals surface area contributed by atoms with E-state index >= 15 is 0 Å². The molecule has 2 rings (SSSR count). The Hall–Kier alpha value is -2.89. The second-order valence-electron chi connectivity index (χ2n) is 3.84. The summed E-state index contributed by atoms with van der Waals surface area (Å²) in [6.07, 6.45) is 0. The fourth-order valence-electron chi connectivity index (χ4n) is 1.74. The molecule has 0 bridgehead atoms. The van der Waals surface area contributed by atoms with E-state index < -0.39 is 10.9 Å². The summed E-state index contributed by atoms with van der Waals surface area (Å²) in [6.45, 7) is 0. The zero-order valence-corrected chi connectivity index (χ0v) is 9.61. The molecule has 0 saturated heterocycles. The van der Waals surface area contributed by atoms with Crippen LogP contribution >= 0.6 is 0 Å². The Labute approximate surface area is 107 Å². The van der Waals surface area contributed by atoms with Crippen LogP contribution in [-0.4, -0.2) is 21.1 Å². The van der Waals surface area contributed by atoms with E-state index in [-0.39, 0.29) is 22.6 Å². The Bertz CT molecular complexity index is 666. The smallest absolute Gasteiger partial charge is 0.336 e. The van der Waals surface area contributed by atoms with Crippen LogP contribution in [0.1, 0.15) is 10.4 Å². The first kappa shape index (κ1) is 12.6. The third-order valence-electron chi connectivity index (χ3n) is 2.60. The average Bonchev–Trinajstić information content (AvgIpc) is 2.38. The lowest BCUT2D eigenvalue weighted by Gasteiger charge is -2.07. The van der Waals surface area contributed by atoms with E-state index in [2.05, 4.69) is 0 Å². The molecule has 6 nitrogen and oxygen atoms in total. The van der Waals surface area contributed by atoms with E-state index in [0.29, 0.717) is 5.56 Å². The maximum Gasteiger partial charge on any atom is 0.336 e. The molecule has 0 atom stereocenters. The largest absolute Gasteiger partial charge is 0.508 e. The maximum absolute atomic E-state index is 11.1. The fraction of sp³-hybridized carbons (Fsp3) is 0. The van der Waals surface area contributed by atoms with Gasteiger partial charge in [-0.05, 0) is 23.8 Å². The number of hydrogen-bond donors (Lipinski definition) is 2. The van der Waals surface area contributed by atoms with Gasteiger partial charge in [-0.25, -0.2) is 4.79 Å². The van der Waals surface area contributed by atoms with Crippen molar-refractivity contribution < 1.29 is 19.9 Å². The minimum atomic E-state index is -1.17. The Kier molecular flexibility index (Phi) is 3.15. The van der Waals surface area contributed by atoms with E-state index in [1.165, 1.54) is 36.4 Å². The van der Waals surface area contributed by atoms with Crippen molar-refractivity contribution in [3.63, 3.8) is 0 Å². The van der Waals surface area contributed by atoms with Crippen molar-refractivity contribution in [2.45, 2.75) is 0 Å². The molecule has 2 aromatic carbocycles. The lowest BCUT2D eigenvalue weighted by molar-refractivity contribution is -0.384. The minimum Gasteiger partial charge on any atom is -0.508 e. The number of phenols is 1. The van der Waals surface area contributed by atoms with Crippen molar-refractivity contribution in [3.05, 3.63) is 58.1 Å². The van der Waals surface area contributed by atoms with E-state index in [1.54, 1.807) is 6.07 Å². The van der Waals surface area contributed by atoms with Crippen LogP contribution < -0.4 is 0 Å². The van der Waals surface area contributed by atoms with Crippen LogP contribution in [0.25, 0.3) is 11.1 Å². The van der Waals surface area contributed by atoms with Gasteiger partial charge in [0.15, 0.2) is 0 Å². The monoisotopic (exact) mass is 259 g/mol. The second-order valence-corrected chi connectivity index (χ2v) is 3.84. The number of benzene rings is 2. The highest BCUT2D eigenvalue weighted by Gasteiger charge is 2.14. The third-order valence-corrected chi connectivity index (χ3v) is 2.60. The van der Waals surface area contributed by atoms with Crippen LogP contribution in [0.5, 0.6) is 5.75 Å². The van der Waals surface area contributed by atoms with Crippen molar-refractivity contribution >= 4 is 11.7 Å². The Balaban J connectivity index is 2.64. The van der Waals surface area contributed by atoms with Crippen LogP contribution in [-0.2, 0) is 0 Å². The number of aromatic hydroxyl groups is 1. The van der Waals surface area contributed by atoms with Gasteiger partial charge in [0, 0.05) is 17.7 Å². The Morgan fingerprint density at radius 1 is 1.16 bits per heavy atom. The number of non-ortho nitro benzene ring substituents is 1. The lowest BCUT2D eigenvalue weighted by Crippen LogP contribution is -1.99. The summed E-state index contributed by atoms with van der Waals surface area (Å²) < 4.78 is 0. The van der Waals surface area contributed by atoms with Gasteiger partial charge in [-0.2, -0.15) is 0 Å². The number of nitro benzene ring substituents is 1. The van der Waals surface area contributed by atoms with Gasteiger partial charge < -0.3 is 10.2 Å². The zero-order chi connectivity index (χ0) is 14.0. The molecule has 2 N–H and O–H groups in total. The molecule has 0 spiro atoms. The molecule has 0 heterocycles. The van der Waals surface area contributed by atoms with Crippen molar-refractivity contribution in [1.82, 2.24) is 0 Å². The molecule has 0 aliphatic rings. The number of nitrogens with zero attached hydrogens (tertiary/aromatic N) is 1. The summed E-state index contributed by atoms with van der Waals surface area (Å²) in [4.78, 5) is 21.3. The van der Waals surface area contributed by atoms with Crippen LogP contribution in [0.2, 0.25) is 0 Å². The molecular weight excluding hydrogens is 250 g/mol. The average molecular weight is 259 g/mol. The lowest BCUT2D eigenvalue weighted by atomic mass is 9.99. The standard InChI is InChI=1S/C13H9NO5/c15-10-4-5-11(13(16)17)12(7-10)8-2-1-3-9(6-8)14(18)19/h1-7,15H,(H,16,17). The van der Waals surface area contributed by atoms with Gasteiger partial charge in [-0.3, -0.25) is 10.1 Å². The summed E-state index contributed by atoms with van der Waals surface area (Å²) in [5, 5.41) is 29.2. The van der Waals surface area contributed by atoms with Crippen molar-refractivity contribution in [2.24, 2.45) is 0 Å². The highest BCUT2D eigenvalue weighted by Crippen LogP contribution is 2.29. The first-order valence-corrected chi connectivity index (χ1v) is 5.30. The summed E-state index contributed by atoms with van der Waals surface area (Å²) in [7, 11) is 0. The molecule has 0 radical (unpaired) electrons. The summed E-state index contributed by atoms with van der Waals surface area (Å²) in [5.74, 6) is -1.27. The third kappa shape index (κ3) is 2.52. The minimum absolute atomic E-state index is 0.0294. The molecule has 0 unspecified atom stereocenters. The predicted octanol–water partition coefficient (Wildman–Crippen LogP) is 2.67. The summed E-state index contributed by atoms with van der Waals surface area (Å²) >= 11 is 0. The molecule has 0 amide bonds. The number of carboxylic acids is 1. The molecule has 19 heavy (non-hydrogen) atoms. The second kappa shape index (κ2) is 4.77. The highest BCUT2D eigenvalue weighted by atomic mass is 16.6. The number of rotatable bonds is 3. The van der Waals surface area contributed by atoms with Crippen LogP contribution in [0.4, 0.5) is 5.69 Å². The summed E-state index contributed by atoms with van der Waals surface area (Å²) in [6, 6.07) is 9.37. The molecule has 0 aromatic heterocycles. The molecule has 0 saturated carbocycles. The highest BCUT2D eigenvalue weighted by molar-refractivity contribution is 5.96.